The van der Waals surface area contributed by atoms with Crippen LogP contribution < -0.4 is 10.2 Å². The van der Waals surface area contributed by atoms with E-state index in [0.29, 0.717) is 11.1 Å². The Hall–Kier alpha value is -2.62. The van der Waals surface area contributed by atoms with Gasteiger partial charge in [0.05, 0.1) is 0 Å². The third kappa shape index (κ3) is 2.85. The summed E-state index contributed by atoms with van der Waals surface area (Å²) >= 11 is 0. The Balaban J connectivity index is 2.50. The molecule has 0 unspecified atom stereocenters. The second-order valence-corrected chi connectivity index (χ2v) is 4.41. The van der Waals surface area contributed by atoms with Crippen molar-refractivity contribution < 1.29 is 19.8 Å². The number of benzene rings is 2. The molecule has 0 spiro atoms. The van der Waals surface area contributed by atoms with Gasteiger partial charge in [-0.3, -0.25) is 0 Å². The molecule has 0 radical (unpaired) electrons. The van der Waals surface area contributed by atoms with E-state index >= 15 is 0 Å². The van der Waals surface area contributed by atoms with Crippen molar-refractivity contribution in [2.45, 2.75) is 11.8 Å². The van der Waals surface area contributed by atoms with Crippen molar-refractivity contribution in [2.24, 2.45) is 0 Å². The predicted octanol–water partition coefficient (Wildman–Crippen LogP) is 0.0538. The zero-order valence-electron chi connectivity index (χ0n) is 10.6. The first kappa shape index (κ1) is 13.8. The normalized spacial score (nSPS) is 13.4. The Labute approximate surface area is 116 Å². The Kier molecular flexibility index (Phi) is 4.15. The highest BCUT2D eigenvalue weighted by molar-refractivity contribution is 5.86. The van der Waals surface area contributed by atoms with Gasteiger partial charge in [-0.2, -0.15) is 0 Å². The molecule has 2 rings (SSSR count). The summed E-state index contributed by atoms with van der Waals surface area (Å²) in [6.07, 6.45) is 0. The van der Waals surface area contributed by atoms with Crippen molar-refractivity contribution in [3.63, 3.8) is 0 Å². The van der Waals surface area contributed by atoms with Crippen LogP contribution in [-0.2, 0) is 9.59 Å². The summed E-state index contributed by atoms with van der Waals surface area (Å²) in [5.74, 6) is -5.45. The summed E-state index contributed by atoms with van der Waals surface area (Å²) in [6, 6.07) is 16.4. The number of carbonyl (C=O) groups excluding carboxylic acids is 2. The molecular formula is C16H12O4-2. The number of aliphatic carboxylic acids is 2. The average molecular weight is 268 g/mol. The number of hydrogen-bond donors (Lipinski definition) is 0. The fraction of sp³-hybridized carbons (Fsp3) is 0.125. The van der Waals surface area contributed by atoms with Crippen LogP contribution in [-0.4, -0.2) is 11.9 Å². The summed E-state index contributed by atoms with van der Waals surface area (Å²) in [5, 5.41) is 22.8. The number of rotatable bonds is 5. The number of carboxylic acid groups (broad SMARTS) is 2. The zero-order chi connectivity index (χ0) is 14.5. The van der Waals surface area contributed by atoms with E-state index in [1.54, 1.807) is 60.7 Å². The van der Waals surface area contributed by atoms with Crippen molar-refractivity contribution in [3.8, 4) is 0 Å². The molecule has 0 N–H and O–H groups in total. The monoisotopic (exact) mass is 268 g/mol. The van der Waals surface area contributed by atoms with E-state index in [-0.39, 0.29) is 0 Å². The molecule has 0 amide bonds. The lowest BCUT2D eigenvalue weighted by Gasteiger charge is -2.29. The van der Waals surface area contributed by atoms with Gasteiger partial charge in [-0.25, -0.2) is 0 Å². The maximum Gasteiger partial charge on any atom is 0.0499 e. The van der Waals surface area contributed by atoms with Gasteiger partial charge in [-0.15, -0.1) is 0 Å². The molecule has 0 fully saturated rings. The molecule has 0 saturated heterocycles. The van der Waals surface area contributed by atoms with Crippen molar-refractivity contribution in [1.82, 2.24) is 0 Å². The molecule has 2 atom stereocenters. The Bertz CT molecular complexity index is 537. The lowest BCUT2D eigenvalue weighted by molar-refractivity contribution is -0.319. The summed E-state index contributed by atoms with van der Waals surface area (Å²) in [7, 11) is 0. The highest BCUT2D eigenvalue weighted by Gasteiger charge is 2.27. The molecular weight excluding hydrogens is 256 g/mol. The van der Waals surface area contributed by atoms with Gasteiger partial charge in [0.1, 0.15) is 0 Å². The Morgan fingerprint density at radius 2 is 0.950 bits per heavy atom. The van der Waals surface area contributed by atoms with Gasteiger partial charge in [-0.1, -0.05) is 60.7 Å². The van der Waals surface area contributed by atoms with Gasteiger partial charge >= 0.3 is 0 Å². The third-order valence-corrected chi connectivity index (χ3v) is 3.16. The van der Waals surface area contributed by atoms with E-state index in [1.807, 2.05) is 0 Å². The van der Waals surface area contributed by atoms with Crippen LogP contribution in [0.2, 0.25) is 0 Å². The molecule has 102 valence electrons. The van der Waals surface area contributed by atoms with Crippen LogP contribution in [0, 0.1) is 0 Å². The molecule has 0 aliphatic rings. The minimum atomic E-state index is -1.44. The number of hydrogen-bond acceptors (Lipinski definition) is 4. The highest BCUT2D eigenvalue weighted by atomic mass is 16.4. The first-order chi connectivity index (χ1) is 9.61. The fourth-order valence-electron chi connectivity index (χ4n) is 2.25. The van der Waals surface area contributed by atoms with Crippen LogP contribution in [0.1, 0.15) is 23.0 Å². The van der Waals surface area contributed by atoms with Crippen molar-refractivity contribution in [2.75, 3.05) is 0 Å². The zero-order valence-corrected chi connectivity index (χ0v) is 10.6. The second kappa shape index (κ2) is 6.02. The van der Waals surface area contributed by atoms with Crippen LogP contribution in [0.3, 0.4) is 0 Å². The van der Waals surface area contributed by atoms with Crippen molar-refractivity contribution in [3.05, 3.63) is 71.8 Å². The molecule has 0 saturated carbocycles. The van der Waals surface area contributed by atoms with Gasteiger partial charge < -0.3 is 19.8 Å². The van der Waals surface area contributed by atoms with E-state index in [2.05, 4.69) is 0 Å². The van der Waals surface area contributed by atoms with E-state index in [4.69, 9.17) is 0 Å². The molecule has 2 aromatic rings. The number of carboxylic acids is 2. The van der Waals surface area contributed by atoms with Gasteiger partial charge in [-0.05, 0) is 11.1 Å². The van der Waals surface area contributed by atoms with Crippen LogP contribution in [0.5, 0.6) is 0 Å². The van der Waals surface area contributed by atoms with E-state index < -0.39 is 23.8 Å². The SMILES string of the molecule is O=C([O-])[C@@H](c1ccccc1)[C@@H](C(=O)[O-])c1ccccc1. The van der Waals surface area contributed by atoms with E-state index in [0.717, 1.165) is 0 Å². The predicted molar refractivity (Wildman–Crippen MR) is 68.4 cm³/mol. The van der Waals surface area contributed by atoms with E-state index in [9.17, 15) is 19.8 Å². The minimum Gasteiger partial charge on any atom is -0.549 e. The van der Waals surface area contributed by atoms with Crippen LogP contribution in [0.15, 0.2) is 60.7 Å². The lowest BCUT2D eigenvalue weighted by atomic mass is 9.81. The van der Waals surface area contributed by atoms with Crippen molar-refractivity contribution >= 4 is 11.9 Å². The summed E-state index contributed by atoms with van der Waals surface area (Å²) in [4.78, 5) is 22.8. The van der Waals surface area contributed by atoms with Crippen LogP contribution in [0.25, 0.3) is 0 Å². The topological polar surface area (TPSA) is 80.3 Å². The minimum absolute atomic E-state index is 0.380. The standard InChI is InChI=1S/C16H14O4/c17-15(18)13(11-7-3-1-4-8-11)14(16(19)20)12-9-5-2-6-10-12/h1-10,13-14H,(H,17,18)(H,19,20)/p-2/t13-,14-/m0/s1. The van der Waals surface area contributed by atoms with Gasteiger partial charge in [0.15, 0.2) is 0 Å². The summed E-state index contributed by atoms with van der Waals surface area (Å²) in [5.41, 5.74) is 0.760. The Morgan fingerprint density at radius 1 is 0.650 bits per heavy atom. The molecule has 4 heteroatoms. The largest absolute Gasteiger partial charge is 0.549 e. The summed E-state index contributed by atoms with van der Waals surface area (Å²) in [6.45, 7) is 0. The van der Waals surface area contributed by atoms with Crippen LogP contribution in [0.4, 0.5) is 0 Å². The third-order valence-electron chi connectivity index (χ3n) is 3.16. The molecule has 0 bridgehead atoms. The maximum absolute atomic E-state index is 11.4. The van der Waals surface area contributed by atoms with E-state index in [1.165, 1.54) is 0 Å². The first-order valence-corrected chi connectivity index (χ1v) is 6.13. The first-order valence-electron chi connectivity index (χ1n) is 6.13. The van der Waals surface area contributed by atoms with Crippen molar-refractivity contribution in [1.29, 1.82) is 0 Å². The van der Waals surface area contributed by atoms with Gasteiger partial charge in [0.25, 0.3) is 0 Å². The molecule has 0 aliphatic heterocycles. The molecule has 2 aromatic carbocycles. The molecule has 0 aliphatic carbocycles. The Morgan fingerprint density at radius 3 is 1.20 bits per heavy atom. The maximum atomic E-state index is 11.4. The van der Waals surface area contributed by atoms with Gasteiger partial charge in [0, 0.05) is 23.8 Å². The fourth-order valence-corrected chi connectivity index (χ4v) is 2.25. The van der Waals surface area contributed by atoms with Crippen LogP contribution >= 0.6 is 0 Å². The lowest BCUT2D eigenvalue weighted by Crippen LogP contribution is -2.41. The average Bonchev–Trinajstić information content (AvgIpc) is 2.45. The molecule has 0 heterocycles. The quantitative estimate of drug-likeness (QED) is 0.767. The van der Waals surface area contributed by atoms with Gasteiger partial charge in [0.2, 0.25) is 0 Å². The smallest absolute Gasteiger partial charge is 0.0499 e. The molecule has 20 heavy (non-hydrogen) atoms. The second-order valence-electron chi connectivity index (χ2n) is 4.41. The molecule has 0 aromatic heterocycles. The summed E-state index contributed by atoms with van der Waals surface area (Å²) < 4.78 is 0. The highest BCUT2D eigenvalue weighted by Crippen LogP contribution is 2.32. The number of carbonyl (C=O) groups is 2. The molecule has 4 nitrogen and oxygen atoms in total.